The predicted molar refractivity (Wildman–Crippen MR) is 261 cm³/mol. The maximum absolute atomic E-state index is 13.3. The molecule has 0 bridgehead atoms. The first-order valence-electron chi connectivity index (χ1n) is 25.0. The summed E-state index contributed by atoms with van der Waals surface area (Å²) in [7, 11) is 0. The summed E-state index contributed by atoms with van der Waals surface area (Å²) in [4.78, 5) is 79.5. The van der Waals surface area contributed by atoms with Crippen molar-refractivity contribution in [2.45, 2.75) is 109 Å². The van der Waals surface area contributed by atoms with Crippen molar-refractivity contribution in [1.82, 2.24) is 54.9 Å². The molecule has 5 fully saturated rings. The van der Waals surface area contributed by atoms with Gasteiger partial charge in [0.05, 0.1) is 42.0 Å². The third-order valence-corrected chi connectivity index (χ3v) is 15.5. The van der Waals surface area contributed by atoms with Crippen LogP contribution in [0.15, 0.2) is 41.4 Å². The van der Waals surface area contributed by atoms with Gasteiger partial charge in [-0.05, 0) is 91.2 Å². The molecule has 0 spiro atoms. The van der Waals surface area contributed by atoms with Crippen molar-refractivity contribution in [3.05, 3.63) is 48.2 Å². The molecule has 0 radical (unpaired) electrons. The van der Waals surface area contributed by atoms with Crippen LogP contribution >= 0.6 is 0 Å². The Labute approximate surface area is 411 Å². The van der Waals surface area contributed by atoms with Gasteiger partial charge in [0.2, 0.25) is 11.8 Å². The highest BCUT2D eigenvalue weighted by molar-refractivity contribution is 6.02. The lowest BCUT2D eigenvalue weighted by molar-refractivity contribution is -0.137. The van der Waals surface area contributed by atoms with Crippen LogP contribution in [0.2, 0.25) is 0 Å². The summed E-state index contributed by atoms with van der Waals surface area (Å²) in [6.45, 7) is 16.7. The Balaban J connectivity index is 0.634. The van der Waals surface area contributed by atoms with Gasteiger partial charge in [-0.15, -0.1) is 0 Å². The minimum atomic E-state index is -0.549. The number of ether oxygens (including phenoxy) is 2. The minimum Gasteiger partial charge on any atom is -0.483 e. The number of carbonyl (C=O) groups excluding carboxylic acids is 4. The van der Waals surface area contributed by atoms with Crippen molar-refractivity contribution < 1.29 is 33.2 Å². The van der Waals surface area contributed by atoms with Crippen LogP contribution in [0.3, 0.4) is 0 Å². The molecule has 1 aromatic carbocycles. The number of rotatable bonds is 11. The van der Waals surface area contributed by atoms with Gasteiger partial charge in [0.1, 0.15) is 35.7 Å². The van der Waals surface area contributed by atoms with Crippen LogP contribution in [0.5, 0.6) is 5.75 Å². The van der Waals surface area contributed by atoms with E-state index in [1.165, 1.54) is 22.5 Å². The summed E-state index contributed by atoms with van der Waals surface area (Å²) in [5.41, 5.74) is 11.8. The lowest BCUT2D eigenvalue weighted by Crippen LogP contribution is -2.59. The molecule has 6 aliphatic rings. The summed E-state index contributed by atoms with van der Waals surface area (Å²) < 4.78 is 19.4. The summed E-state index contributed by atoms with van der Waals surface area (Å²) in [6.07, 6.45) is 9.25. The van der Waals surface area contributed by atoms with Gasteiger partial charge in [0.25, 0.3) is 5.91 Å². The number of anilines is 3. The first-order valence-corrected chi connectivity index (χ1v) is 25.0. The lowest BCUT2D eigenvalue weighted by Gasteiger charge is -2.50. The smallest absolute Gasteiger partial charge is 0.410 e. The van der Waals surface area contributed by atoms with Gasteiger partial charge in [-0.1, -0.05) is 11.2 Å². The number of hydrogen-bond donors (Lipinski definition) is 2. The second-order valence-electron chi connectivity index (χ2n) is 21.3. The van der Waals surface area contributed by atoms with Crippen LogP contribution < -0.4 is 25.6 Å². The fraction of sp³-hybridized carbons (Fsp3) is 0.560. The first kappa shape index (κ1) is 46.5. The number of amides is 4. The number of piperidine rings is 2. The van der Waals surface area contributed by atoms with Gasteiger partial charge < -0.3 is 39.3 Å². The molecule has 3 N–H and O–H groups in total. The molecule has 21 nitrogen and oxygen atoms in total. The average molecular weight is 971 g/mol. The molecule has 1 atom stereocenters. The molecule has 4 saturated heterocycles. The molecule has 11 rings (SSSR count). The molecule has 1 aliphatic carbocycles. The summed E-state index contributed by atoms with van der Waals surface area (Å²) >= 11 is 0. The topological polar surface area (TPSA) is 236 Å². The zero-order valence-electron chi connectivity index (χ0n) is 41.1. The molecule has 4 amide bonds. The number of hydrogen-bond acceptors (Lipinski definition) is 17. The fourth-order valence-corrected chi connectivity index (χ4v) is 11.2. The van der Waals surface area contributed by atoms with Gasteiger partial charge in [0, 0.05) is 80.6 Å². The van der Waals surface area contributed by atoms with Gasteiger partial charge in [0.15, 0.2) is 29.6 Å². The Morgan fingerprint density at radius 2 is 1.58 bits per heavy atom. The highest BCUT2D eigenvalue weighted by Crippen LogP contribution is 2.48. The molecular formula is C50H62N14O7. The van der Waals surface area contributed by atoms with Crippen LogP contribution in [0.1, 0.15) is 90.4 Å². The number of fused-ring (bicyclic) bond motifs is 2. The number of carbonyl (C=O) groups is 4. The molecule has 4 aromatic heterocycles. The number of imide groups is 1. The molecule has 1 unspecified atom stereocenters. The van der Waals surface area contributed by atoms with E-state index in [1.54, 1.807) is 12.4 Å². The Bertz CT molecular complexity index is 2870. The van der Waals surface area contributed by atoms with E-state index >= 15 is 0 Å². The monoisotopic (exact) mass is 970 g/mol. The van der Waals surface area contributed by atoms with Crippen LogP contribution in [0.25, 0.3) is 33.8 Å². The molecule has 21 heteroatoms. The van der Waals surface area contributed by atoms with Gasteiger partial charge in [-0.3, -0.25) is 24.6 Å². The standard InChI is InChI=1S/C50H62N14O7/c1-49(2,3)64-46-40(44(51)54-28-55-46)41(57-64)42-39(43(71-58-42)29-9-10-29)45-52-23-31(24-53-45)70-32-25-61(26-32)48(68)69-27-38(66)60-16-13-30(14-17-60)50(4,5)62-21-19-59(20-22-62)34-7-6-8-35-33(34)15-18-63(35)36-11-12-37(65)56-47(36)67/h6-8,23-24,28-30,32,36H,9-22,25-27H2,1-5H3,(H2,51,54,55)(H,56,65,67). The van der Waals surface area contributed by atoms with Gasteiger partial charge >= 0.3 is 6.09 Å². The second-order valence-corrected chi connectivity index (χ2v) is 21.3. The second kappa shape index (κ2) is 18.1. The number of aromatic nitrogens is 7. The Morgan fingerprint density at radius 3 is 2.28 bits per heavy atom. The van der Waals surface area contributed by atoms with E-state index in [4.69, 9.17) is 24.8 Å². The molecule has 5 aromatic rings. The lowest BCUT2D eigenvalue weighted by atomic mass is 9.78. The van der Waals surface area contributed by atoms with Crippen LogP contribution in [-0.2, 0) is 31.1 Å². The number of nitrogens with two attached hydrogens (primary N) is 1. The molecule has 1 saturated carbocycles. The highest BCUT2D eigenvalue weighted by atomic mass is 16.6. The quantitative estimate of drug-likeness (QED) is 0.175. The summed E-state index contributed by atoms with van der Waals surface area (Å²) in [5, 5.41) is 12.5. The third kappa shape index (κ3) is 8.75. The fourth-order valence-electron chi connectivity index (χ4n) is 11.2. The van der Waals surface area contributed by atoms with Crippen molar-refractivity contribution in [3.63, 3.8) is 0 Å². The zero-order chi connectivity index (χ0) is 49.3. The number of nitrogens with one attached hydrogen (secondary N) is 1. The Morgan fingerprint density at radius 1 is 0.845 bits per heavy atom. The van der Waals surface area contributed by atoms with E-state index in [0.29, 0.717) is 90.3 Å². The maximum Gasteiger partial charge on any atom is 0.410 e. The van der Waals surface area contributed by atoms with Gasteiger partial charge in [-0.2, -0.15) is 5.10 Å². The number of piperazine rings is 1. The third-order valence-electron chi connectivity index (χ3n) is 15.5. The van der Waals surface area contributed by atoms with Crippen molar-refractivity contribution in [2.24, 2.45) is 5.92 Å². The van der Waals surface area contributed by atoms with Gasteiger partial charge in [-0.25, -0.2) is 29.4 Å². The highest BCUT2D eigenvalue weighted by Gasteiger charge is 2.42. The Hall–Kier alpha value is -6.90. The Kier molecular flexibility index (Phi) is 11.8. The van der Waals surface area contributed by atoms with E-state index in [-0.39, 0.29) is 53.7 Å². The zero-order valence-corrected chi connectivity index (χ0v) is 41.1. The molecule has 5 aliphatic heterocycles. The van der Waals surface area contributed by atoms with Crippen molar-refractivity contribution >= 4 is 52.0 Å². The summed E-state index contributed by atoms with van der Waals surface area (Å²) in [6, 6.07) is 6.08. The van der Waals surface area contributed by atoms with E-state index in [2.05, 4.69) is 77.2 Å². The van der Waals surface area contributed by atoms with E-state index in [0.717, 1.165) is 70.5 Å². The van der Waals surface area contributed by atoms with E-state index in [1.807, 2.05) is 30.4 Å². The number of benzene rings is 1. The SMILES string of the molecule is CC(C)(C1CCN(C(=O)COC(=O)N2CC(Oc3cnc(-c4c(-c5nn(C(C)(C)C)c6ncnc(N)c56)noc4C4CC4)nc3)C2)CC1)N1CCN(c2cccc3c2CCN3C2CCC(=O)NC2=O)CC1. The van der Waals surface area contributed by atoms with Crippen LogP contribution in [-0.4, -0.2) is 157 Å². The first-order chi connectivity index (χ1) is 34.1. The van der Waals surface area contributed by atoms with Crippen LogP contribution in [0, 0.1) is 5.92 Å². The predicted octanol–water partition coefficient (Wildman–Crippen LogP) is 4.36. The largest absolute Gasteiger partial charge is 0.483 e. The number of nitrogens with zero attached hydrogens (tertiary/aromatic N) is 12. The number of likely N-dealkylation sites (tertiary alicyclic amines) is 2. The maximum atomic E-state index is 13.3. The average Bonchev–Trinajstić information content (AvgIpc) is 3.74. The number of nitrogen functional groups attached to an aromatic ring is 1. The van der Waals surface area contributed by atoms with Crippen LogP contribution in [0.4, 0.5) is 22.0 Å². The minimum absolute atomic E-state index is 0.0570. The van der Waals surface area contributed by atoms with Crippen molar-refractivity contribution in [2.75, 3.05) is 81.0 Å². The normalized spacial score (nSPS) is 20.6. The molecule has 71 heavy (non-hydrogen) atoms. The van der Waals surface area contributed by atoms with E-state index in [9.17, 15) is 19.2 Å². The molecular weight excluding hydrogens is 909 g/mol. The van der Waals surface area contributed by atoms with Crippen molar-refractivity contribution in [3.8, 4) is 28.5 Å². The molecule has 9 heterocycles. The van der Waals surface area contributed by atoms with Crippen molar-refractivity contribution in [1.29, 1.82) is 0 Å². The summed E-state index contributed by atoms with van der Waals surface area (Å²) in [5.74, 6) is 1.86. The molecule has 374 valence electrons. The van der Waals surface area contributed by atoms with E-state index < -0.39 is 11.6 Å².